The summed E-state index contributed by atoms with van der Waals surface area (Å²) >= 11 is 5.44. The molecule has 0 amide bonds. The summed E-state index contributed by atoms with van der Waals surface area (Å²) in [6.07, 6.45) is -4.87. The van der Waals surface area contributed by atoms with Crippen LogP contribution in [0.4, 0.5) is 27.6 Å². The molecule has 0 aromatic heterocycles. The molecule has 2 rings (SSSR count). The van der Waals surface area contributed by atoms with Crippen LogP contribution in [0.3, 0.4) is 0 Å². The van der Waals surface area contributed by atoms with E-state index in [4.69, 9.17) is 11.6 Å². The van der Waals surface area contributed by atoms with Crippen molar-refractivity contribution >= 4 is 27.3 Å². The Morgan fingerprint density at radius 1 is 1.04 bits per heavy atom. The summed E-state index contributed by atoms with van der Waals surface area (Å²) in [5.74, 6) is -1.95. The van der Waals surface area contributed by atoms with Crippen LogP contribution in [0.1, 0.15) is 5.56 Å². The first-order chi connectivity index (χ1) is 10.9. The van der Waals surface area contributed by atoms with Crippen molar-refractivity contribution in [3.63, 3.8) is 0 Å². The molecule has 0 N–H and O–H groups in total. The average Bonchev–Trinajstić information content (AvgIpc) is 2.48. The Balaban J connectivity index is 2.57. The molecule has 24 heavy (non-hydrogen) atoms. The molecule has 0 aliphatic rings. The molecule has 3 nitrogen and oxygen atoms in total. The number of nitrogens with zero attached hydrogens (tertiary/aromatic N) is 1. The van der Waals surface area contributed by atoms with E-state index in [1.807, 2.05) is 0 Å². The molecule has 2 aromatic rings. The Morgan fingerprint density at radius 3 is 2.25 bits per heavy atom. The summed E-state index contributed by atoms with van der Waals surface area (Å²) < 4.78 is 90.7. The second-order valence-electron chi connectivity index (χ2n) is 4.71. The van der Waals surface area contributed by atoms with E-state index in [0.717, 1.165) is 25.2 Å². The molecule has 0 aliphatic carbocycles. The van der Waals surface area contributed by atoms with Crippen LogP contribution in [0.5, 0.6) is 0 Å². The first kappa shape index (κ1) is 18.5. The van der Waals surface area contributed by atoms with Crippen LogP contribution in [0.15, 0.2) is 41.3 Å². The van der Waals surface area contributed by atoms with Gasteiger partial charge in [0.2, 0.25) is 0 Å². The normalized spacial score (nSPS) is 12.3. The van der Waals surface area contributed by atoms with Gasteiger partial charge in [-0.1, -0.05) is 11.6 Å². The maximum Gasteiger partial charge on any atom is 0.417 e. The summed E-state index contributed by atoms with van der Waals surface area (Å²) in [7, 11) is -3.66. The van der Waals surface area contributed by atoms with Crippen molar-refractivity contribution in [1.82, 2.24) is 0 Å². The van der Waals surface area contributed by atoms with E-state index >= 15 is 0 Å². The van der Waals surface area contributed by atoms with Gasteiger partial charge < -0.3 is 0 Å². The fraction of sp³-hybridized carbons (Fsp3) is 0.143. The number of anilines is 1. The summed E-state index contributed by atoms with van der Waals surface area (Å²) in [6.45, 7) is 0. The highest BCUT2D eigenvalue weighted by Gasteiger charge is 2.35. The van der Waals surface area contributed by atoms with Crippen LogP contribution in [0.2, 0.25) is 5.02 Å². The number of rotatable bonds is 3. The maximum atomic E-state index is 13.7. The highest BCUT2D eigenvalue weighted by atomic mass is 35.5. The monoisotopic (exact) mass is 385 g/mol. The second-order valence-corrected chi connectivity index (χ2v) is 7.08. The Kier molecular flexibility index (Phi) is 4.78. The number of hydrogen-bond donors (Lipinski definition) is 0. The minimum Gasteiger partial charge on any atom is -0.266 e. The molecular formula is C14H9ClF5NO2S. The molecule has 10 heteroatoms. The number of halogens is 6. The van der Waals surface area contributed by atoms with Crippen molar-refractivity contribution in [3.8, 4) is 0 Å². The molecule has 0 atom stereocenters. The summed E-state index contributed by atoms with van der Waals surface area (Å²) in [5, 5.41) is -0.680. The molecule has 0 saturated heterocycles. The zero-order valence-corrected chi connectivity index (χ0v) is 13.5. The van der Waals surface area contributed by atoms with Crippen LogP contribution in [-0.2, 0) is 16.2 Å². The molecule has 0 radical (unpaired) electrons. The fourth-order valence-electron chi connectivity index (χ4n) is 1.90. The first-order valence-electron chi connectivity index (χ1n) is 6.25. The summed E-state index contributed by atoms with van der Waals surface area (Å²) in [5.41, 5.74) is -1.99. The third-order valence-corrected chi connectivity index (χ3v) is 5.25. The van der Waals surface area contributed by atoms with Crippen LogP contribution in [0, 0.1) is 11.6 Å². The van der Waals surface area contributed by atoms with Gasteiger partial charge in [-0.2, -0.15) is 13.2 Å². The van der Waals surface area contributed by atoms with Crippen molar-refractivity contribution in [2.45, 2.75) is 11.1 Å². The molecule has 0 unspecified atom stereocenters. The quantitative estimate of drug-likeness (QED) is 0.731. The topological polar surface area (TPSA) is 37.4 Å². The van der Waals surface area contributed by atoms with E-state index in [9.17, 15) is 30.4 Å². The number of hydrogen-bond acceptors (Lipinski definition) is 2. The zero-order chi connectivity index (χ0) is 18.3. The minimum atomic E-state index is -4.87. The van der Waals surface area contributed by atoms with Gasteiger partial charge in [0.15, 0.2) is 0 Å². The van der Waals surface area contributed by atoms with E-state index in [1.165, 1.54) is 0 Å². The van der Waals surface area contributed by atoms with E-state index in [-0.39, 0.29) is 0 Å². The highest BCUT2D eigenvalue weighted by Crippen LogP contribution is 2.37. The van der Waals surface area contributed by atoms with Gasteiger partial charge in [-0.05, 0) is 30.3 Å². The minimum absolute atomic E-state index is 0.339. The summed E-state index contributed by atoms with van der Waals surface area (Å²) in [4.78, 5) is -0.759. The van der Waals surface area contributed by atoms with E-state index < -0.39 is 49.0 Å². The molecule has 130 valence electrons. The molecule has 0 aliphatic heterocycles. The van der Waals surface area contributed by atoms with E-state index in [2.05, 4.69) is 0 Å². The fourth-order valence-corrected chi connectivity index (χ4v) is 3.34. The second kappa shape index (κ2) is 6.21. The van der Waals surface area contributed by atoms with Gasteiger partial charge in [0.25, 0.3) is 10.0 Å². The lowest BCUT2D eigenvalue weighted by atomic mass is 10.2. The lowest BCUT2D eigenvalue weighted by Crippen LogP contribution is -2.28. The number of sulfonamides is 1. The predicted molar refractivity (Wildman–Crippen MR) is 78.4 cm³/mol. The molecule has 0 bridgehead atoms. The SMILES string of the molecule is CN(c1cc(F)ccc1F)S(=O)(=O)c1ccc(Cl)c(C(F)(F)F)c1. The van der Waals surface area contributed by atoms with Gasteiger partial charge in [-0.3, -0.25) is 4.31 Å². The van der Waals surface area contributed by atoms with Gasteiger partial charge in [-0.15, -0.1) is 0 Å². The first-order valence-corrected chi connectivity index (χ1v) is 8.07. The molecule has 0 spiro atoms. The smallest absolute Gasteiger partial charge is 0.266 e. The van der Waals surface area contributed by atoms with Crippen molar-refractivity contribution < 1.29 is 30.4 Å². The lowest BCUT2D eigenvalue weighted by Gasteiger charge is -2.21. The third-order valence-electron chi connectivity index (χ3n) is 3.15. The van der Waals surface area contributed by atoms with Gasteiger partial charge in [-0.25, -0.2) is 17.2 Å². The Labute approximate surface area is 139 Å². The standard InChI is InChI=1S/C14H9ClF5NO2S/c1-21(13-6-8(16)2-5-12(13)17)24(22,23)9-3-4-11(15)10(7-9)14(18,19)20/h2-7H,1H3. The van der Waals surface area contributed by atoms with Crippen LogP contribution in [-0.4, -0.2) is 15.5 Å². The van der Waals surface area contributed by atoms with Gasteiger partial charge >= 0.3 is 6.18 Å². The van der Waals surface area contributed by atoms with Gasteiger partial charge in [0.05, 0.1) is 21.2 Å². The largest absolute Gasteiger partial charge is 0.417 e. The molecule has 2 aromatic carbocycles. The number of benzene rings is 2. The number of alkyl halides is 3. The van der Waals surface area contributed by atoms with E-state index in [1.54, 1.807) is 0 Å². The van der Waals surface area contributed by atoms with Crippen molar-refractivity contribution in [1.29, 1.82) is 0 Å². The Morgan fingerprint density at radius 2 is 1.67 bits per heavy atom. The van der Waals surface area contributed by atoms with Crippen molar-refractivity contribution in [2.75, 3.05) is 11.4 Å². The Bertz CT molecular complexity index is 883. The van der Waals surface area contributed by atoms with Crippen LogP contribution >= 0.6 is 11.6 Å². The Hall–Kier alpha value is -1.87. The molecule has 0 heterocycles. The molecular weight excluding hydrogens is 377 g/mol. The van der Waals surface area contributed by atoms with Crippen molar-refractivity contribution in [3.05, 3.63) is 58.6 Å². The molecule has 0 saturated carbocycles. The highest BCUT2D eigenvalue weighted by molar-refractivity contribution is 7.92. The van der Waals surface area contributed by atoms with E-state index in [0.29, 0.717) is 22.5 Å². The van der Waals surface area contributed by atoms with Crippen molar-refractivity contribution in [2.24, 2.45) is 0 Å². The molecule has 0 fully saturated rings. The van der Waals surface area contributed by atoms with Gasteiger partial charge in [0, 0.05) is 13.1 Å². The maximum absolute atomic E-state index is 13.7. The average molecular weight is 386 g/mol. The van der Waals surface area contributed by atoms with Gasteiger partial charge in [0.1, 0.15) is 11.6 Å². The van der Waals surface area contributed by atoms with Crippen LogP contribution in [0.25, 0.3) is 0 Å². The predicted octanol–water partition coefficient (Wildman–Crippen LogP) is 4.46. The lowest BCUT2D eigenvalue weighted by molar-refractivity contribution is -0.137. The zero-order valence-electron chi connectivity index (χ0n) is 11.9. The summed E-state index contributed by atoms with van der Waals surface area (Å²) in [6, 6.07) is 4.06. The van der Waals surface area contributed by atoms with Crippen LogP contribution < -0.4 is 4.31 Å². The third kappa shape index (κ3) is 3.46.